The van der Waals surface area contributed by atoms with Crippen LogP contribution < -0.4 is 5.73 Å². The number of carbonyl (C=O) groups excluding carboxylic acids is 1. The van der Waals surface area contributed by atoms with Crippen molar-refractivity contribution < 1.29 is 14.3 Å². The molecule has 0 spiro atoms. The SMILES string of the molecule is CN(CCCN)C(=O)C1=COCCO1. The first kappa shape index (κ1) is 10.8. The molecule has 0 aromatic rings. The zero-order valence-electron chi connectivity index (χ0n) is 8.36. The Morgan fingerprint density at radius 3 is 3.00 bits per heavy atom. The quantitative estimate of drug-likeness (QED) is 0.675. The monoisotopic (exact) mass is 200 g/mol. The molecule has 0 saturated carbocycles. The van der Waals surface area contributed by atoms with E-state index in [1.807, 2.05) is 0 Å². The first-order valence-electron chi connectivity index (χ1n) is 4.66. The lowest BCUT2D eigenvalue weighted by Crippen LogP contribution is -2.32. The number of nitrogens with zero attached hydrogens (tertiary/aromatic N) is 1. The smallest absolute Gasteiger partial charge is 0.291 e. The molecular weight excluding hydrogens is 184 g/mol. The summed E-state index contributed by atoms with van der Waals surface area (Å²) in [5.74, 6) is 0.119. The fourth-order valence-corrected chi connectivity index (χ4v) is 1.10. The Bertz CT molecular complexity index is 228. The van der Waals surface area contributed by atoms with Crippen molar-refractivity contribution in [1.82, 2.24) is 4.90 Å². The molecule has 0 saturated heterocycles. The van der Waals surface area contributed by atoms with Gasteiger partial charge in [0.05, 0.1) is 0 Å². The lowest BCUT2D eigenvalue weighted by Gasteiger charge is -2.20. The second-order valence-corrected chi connectivity index (χ2v) is 3.07. The minimum atomic E-state index is -0.154. The van der Waals surface area contributed by atoms with E-state index < -0.39 is 0 Å². The van der Waals surface area contributed by atoms with Crippen LogP contribution in [0.25, 0.3) is 0 Å². The van der Waals surface area contributed by atoms with Gasteiger partial charge in [-0.2, -0.15) is 0 Å². The van der Waals surface area contributed by atoms with Gasteiger partial charge in [-0.25, -0.2) is 0 Å². The van der Waals surface area contributed by atoms with E-state index in [0.717, 1.165) is 6.42 Å². The summed E-state index contributed by atoms with van der Waals surface area (Å²) >= 11 is 0. The van der Waals surface area contributed by atoms with E-state index in [-0.39, 0.29) is 11.7 Å². The molecule has 0 unspecified atom stereocenters. The Morgan fingerprint density at radius 2 is 2.43 bits per heavy atom. The van der Waals surface area contributed by atoms with Crippen LogP contribution in [0.15, 0.2) is 12.0 Å². The summed E-state index contributed by atoms with van der Waals surface area (Å²) in [6.45, 7) is 2.15. The molecule has 80 valence electrons. The van der Waals surface area contributed by atoms with E-state index in [2.05, 4.69) is 0 Å². The number of amides is 1. The molecule has 0 aromatic heterocycles. The zero-order chi connectivity index (χ0) is 10.4. The molecule has 2 N–H and O–H groups in total. The summed E-state index contributed by atoms with van der Waals surface area (Å²) in [6, 6.07) is 0. The Morgan fingerprint density at radius 1 is 1.64 bits per heavy atom. The van der Waals surface area contributed by atoms with Gasteiger partial charge in [0.25, 0.3) is 5.91 Å². The highest BCUT2D eigenvalue weighted by atomic mass is 16.6. The Hall–Kier alpha value is -1.23. The highest BCUT2D eigenvalue weighted by Crippen LogP contribution is 2.07. The third-order valence-electron chi connectivity index (χ3n) is 1.90. The average molecular weight is 200 g/mol. The first-order chi connectivity index (χ1) is 6.75. The number of carbonyl (C=O) groups is 1. The summed E-state index contributed by atoms with van der Waals surface area (Å²) in [5.41, 5.74) is 5.35. The molecular formula is C9H16N2O3. The third-order valence-corrected chi connectivity index (χ3v) is 1.90. The molecule has 1 aliphatic heterocycles. The molecule has 0 aliphatic carbocycles. The van der Waals surface area contributed by atoms with Gasteiger partial charge in [-0.1, -0.05) is 0 Å². The van der Waals surface area contributed by atoms with Crippen LogP contribution in [0, 0.1) is 0 Å². The van der Waals surface area contributed by atoms with Crippen molar-refractivity contribution in [3.63, 3.8) is 0 Å². The maximum absolute atomic E-state index is 11.6. The zero-order valence-corrected chi connectivity index (χ0v) is 8.36. The summed E-state index contributed by atoms with van der Waals surface area (Å²) in [6.07, 6.45) is 2.15. The lowest BCUT2D eigenvalue weighted by atomic mass is 10.3. The summed E-state index contributed by atoms with van der Waals surface area (Å²) in [5, 5.41) is 0. The van der Waals surface area contributed by atoms with Crippen molar-refractivity contribution in [2.75, 3.05) is 33.4 Å². The van der Waals surface area contributed by atoms with Crippen LogP contribution in [-0.4, -0.2) is 44.2 Å². The molecule has 5 nitrogen and oxygen atoms in total. The van der Waals surface area contributed by atoms with Gasteiger partial charge in [-0.3, -0.25) is 4.79 Å². The highest BCUT2D eigenvalue weighted by Gasteiger charge is 2.18. The third kappa shape index (κ3) is 2.92. The number of hydrogen-bond acceptors (Lipinski definition) is 4. The van der Waals surface area contributed by atoms with Gasteiger partial charge in [0, 0.05) is 13.6 Å². The lowest BCUT2D eigenvalue weighted by molar-refractivity contribution is -0.131. The fraction of sp³-hybridized carbons (Fsp3) is 0.667. The van der Waals surface area contributed by atoms with E-state index in [0.29, 0.717) is 26.3 Å². The van der Waals surface area contributed by atoms with E-state index >= 15 is 0 Å². The molecule has 1 rings (SSSR count). The van der Waals surface area contributed by atoms with Gasteiger partial charge in [0.15, 0.2) is 0 Å². The molecule has 0 atom stereocenters. The second-order valence-electron chi connectivity index (χ2n) is 3.07. The second kappa shape index (κ2) is 5.49. The Kier molecular flexibility index (Phi) is 4.25. The van der Waals surface area contributed by atoms with Gasteiger partial charge >= 0.3 is 0 Å². The van der Waals surface area contributed by atoms with Crippen LogP contribution in [0.5, 0.6) is 0 Å². The minimum Gasteiger partial charge on any atom is -0.494 e. The van der Waals surface area contributed by atoms with Gasteiger partial charge in [-0.05, 0) is 13.0 Å². The molecule has 14 heavy (non-hydrogen) atoms. The van der Waals surface area contributed by atoms with Crippen molar-refractivity contribution in [3.8, 4) is 0 Å². The van der Waals surface area contributed by atoms with E-state index in [9.17, 15) is 4.79 Å². The van der Waals surface area contributed by atoms with E-state index in [4.69, 9.17) is 15.2 Å². The number of nitrogens with two attached hydrogens (primary N) is 1. The van der Waals surface area contributed by atoms with Crippen molar-refractivity contribution in [3.05, 3.63) is 12.0 Å². The number of likely N-dealkylation sites (N-methyl/N-ethyl adjacent to an activating group) is 1. The molecule has 1 heterocycles. The van der Waals surface area contributed by atoms with E-state index in [1.54, 1.807) is 11.9 Å². The van der Waals surface area contributed by atoms with Gasteiger partial charge < -0.3 is 20.1 Å². The van der Waals surface area contributed by atoms with Crippen molar-refractivity contribution in [2.45, 2.75) is 6.42 Å². The number of hydrogen-bond donors (Lipinski definition) is 1. The summed E-state index contributed by atoms with van der Waals surface area (Å²) < 4.78 is 10.2. The Labute approximate surface area is 83.5 Å². The molecule has 0 aromatic carbocycles. The average Bonchev–Trinajstić information content (AvgIpc) is 2.26. The highest BCUT2D eigenvalue weighted by molar-refractivity contribution is 5.91. The van der Waals surface area contributed by atoms with Crippen LogP contribution in [0.4, 0.5) is 0 Å². The fourth-order valence-electron chi connectivity index (χ4n) is 1.10. The predicted molar refractivity (Wildman–Crippen MR) is 51.3 cm³/mol. The maximum atomic E-state index is 11.6. The summed E-state index contributed by atoms with van der Waals surface area (Å²) in [7, 11) is 1.72. The number of ether oxygens (including phenoxy) is 2. The molecule has 5 heteroatoms. The maximum Gasteiger partial charge on any atom is 0.291 e. The van der Waals surface area contributed by atoms with Crippen LogP contribution in [0.3, 0.4) is 0 Å². The van der Waals surface area contributed by atoms with Crippen molar-refractivity contribution in [2.24, 2.45) is 5.73 Å². The standard InChI is InChI=1S/C9H16N2O3/c1-11(4-2-3-10)9(12)8-7-13-5-6-14-8/h7H,2-6,10H2,1H3. The van der Waals surface area contributed by atoms with E-state index in [1.165, 1.54) is 6.26 Å². The van der Waals surface area contributed by atoms with Crippen LogP contribution in [-0.2, 0) is 14.3 Å². The molecule has 0 fully saturated rings. The van der Waals surface area contributed by atoms with Crippen molar-refractivity contribution in [1.29, 1.82) is 0 Å². The Balaban J connectivity index is 2.42. The molecule has 1 amide bonds. The van der Waals surface area contributed by atoms with Gasteiger partial charge in [-0.15, -0.1) is 0 Å². The van der Waals surface area contributed by atoms with Crippen LogP contribution in [0.2, 0.25) is 0 Å². The number of rotatable bonds is 4. The first-order valence-corrected chi connectivity index (χ1v) is 4.66. The normalized spacial score (nSPS) is 15.1. The summed E-state index contributed by atoms with van der Waals surface area (Å²) in [4.78, 5) is 13.2. The largest absolute Gasteiger partial charge is 0.494 e. The molecule has 0 radical (unpaired) electrons. The molecule has 1 aliphatic rings. The van der Waals surface area contributed by atoms with Crippen molar-refractivity contribution >= 4 is 5.91 Å². The van der Waals surface area contributed by atoms with Crippen LogP contribution in [0.1, 0.15) is 6.42 Å². The molecule has 0 bridgehead atoms. The van der Waals surface area contributed by atoms with Gasteiger partial charge in [0.2, 0.25) is 5.76 Å². The van der Waals surface area contributed by atoms with Gasteiger partial charge in [0.1, 0.15) is 19.5 Å². The minimum absolute atomic E-state index is 0.154. The predicted octanol–water partition coefficient (Wildman–Crippen LogP) is -0.318. The topological polar surface area (TPSA) is 64.8 Å². The van der Waals surface area contributed by atoms with Crippen LogP contribution >= 0.6 is 0 Å².